The van der Waals surface area contributed by atoms with Crippen LogP contribution in [0.25, 0.3) is 11.5 Å². The molecule has 1 amide bonds. The van der Waals surface area contributed by atoms with Crippen LogP contribution < -0.4 is 5.32 Å². The molecule has 1 aromatic heterocycles. The first kappa shape index (κ1) is 17.9. The number of carbonyl (C=O) groups is 2. The van der Waals surface area contributed by atoms with E-state index >= 15 is 0 Å². The average molecular weight is 367 g/mol. The highest BCUT2D eigenvalue weighted by atomic mass is 32.2. The standard InChI is InChI=1S/C19H17N3O3S/c1-12-6-8-14(9-7-12)18-21-22-19(25-18)26-11-17(24)20-16-5-3-4-15(10-16)13(2)23/h3-10H,11H2,1-2H3,(H,20,24). The topological polar surface area (TPSA) is 85.1 Å². The molecule has 26 heavy (non-hydrogen) atoms. The van der Waals surface area contributed by atoms with Crippen LogP contribution in [0.4, 0.5) is 5.69 Å². The van der Waals surface area contributed by atoms with E-state index in [1.165, 1.54) is 6.92 Å². The number of carbonyl (C=O) groups excluding carboxylic acids is 2. The van der Waals surface area contributed by atoms with Crippen LogP contribution in [0.1, 0.15) is 22.8 Å². The molecule has 0 aliphatic carbocycles. The van der Waals surface area contributed by atoms with Crippen LogP contribution in [0.15, 0.2) is 58.2 Å². The lowest BCUT2D eigenvalue weighted by atomic mass is 10.1. The number of thioether (sulfide) groups is 1. The maximum Gasteiger partial charge on any atom is 0.277 e. The van der Waals surface area contributed by atoms with E-state index < -0.39 is 0 Å². The van der Waals surface area contributed by atoms with Gasteiger partial charge in [0, 0.05) is 16.8 Å². The van der Waals surface area contributed by atoms with Gasteiger partial charge in [-0.1, -0.05) is 41.6 Å². The van der Waals surface area contributed by atoms with E-state index in [1.54, 1.807) is 24.3 Å². The maximum absolute atomic E-state index is 12.1. The quantitative estimate of drug-likeness (QED) is 0.524. The molecule has 0 radical (unpaired) electrons. The summed E-state index contributed by atoms with van der Waals surface area (Å²) in [5.41, 5.74) is 3.11. The molecule has 0 fully saturated rings. The van der Waals surface area contributed by atoms with Crippen molar-refractivity contribution in [2.75, 3.05) is 11.1 Å². The number of aryl methyl sites for hydroxylation is 1. The van der Waals surface area contributed by atoms with Crippen molar-refractivity contribution in [2.45, 2.75) is 19.1 Å². The van der Waals surface area contributed by atoms with Crippen molar-refractivity contribution in [2.24, 2.45) is 0 Å². The van der Waals surface area contributed by atoms with Crippen molar-refractivity contribution < 1.29 is 14.0 Å². The van der Waals surface area contributed by atoms with E-state index in [9.17, 15) is 9.59 Å². The number of nitrogens with zero attached hydrogens (tertiary/aromatic N) is 2. The molecule has 0 aliphatic heterocycles. The number of Topliss-reactive ketones (excluding diaryl/α,β-unsaturated/α-hetero) is 1. The molecule has 1 N–H and O–H groups in total. The lowest BCUT2D eigenvalue weighted by Crippen LogP contribution is -2.14. The number of nitrogens with one attached hydrogen (secondary N) is 1. The Morgan fingerprint density at radius 3 is 2.62 bits per heavy atom. The van der Waals surface area contributed by atoms with Crippen LogP contribution >= 0.6 is 11.8 Å². The van der Waals surface area contributed by atoms with Gasteiger partial charge in [-0.05, 0) is 38.1 Å². The predicted molar refractivity (Wildman–Crippen MR) is 100 cm³/mol. The summed E-state index contributed by atoms with van der Waals surface area (Å²) in [6.45, 7) is 3.49. The van der Waals surface area contributed by atoms with Crippen molar-refractivity contribution in [3.63, 3.8) is 0 Å². The summed E-state index contributed by atoms with van der Waals surface area (Å²) in [6.07, 6.45) is 0. The molecule has 2 aromatic carbocycles. The summed E-state index contributed by atoms with van der Waals surface area (Å²) >= 11 is 1.16. The number of hydrogen-bond donors (Lipinski definition) is 1. The third-order valence-electron chi connectivity index (χ3n) is 3.58. The molecule has 3 rings (SSSR count). The third-order valence-corrected chi connectivity index (χ3v) is 4.40. The van der Waals surface area contributed by atoms with E-state index in [1.807, 2.05) is 31.2 Å². The van der Waals surface area contributed by atoms with Crippen LogP contribution in [-0.2, 0) is 4.79 Å². The summed E-state index contributed by atoms with van der Waals surface area (Å²) in [4.78, 5) is 23.5. The van der Waals surface area contributed by atoms with Crippen LogP contribution in [0.5, 0.6) is 0 Å². The van der Waals surface area contributed by atoms with Crippen LogP contribution in [0.3, 0.4) is 0 Å². The van der Waals surface area contributed by atoms with Crippen molar-refractivity contribution in [1.82, 2.24) is 10.2 Å². The van der Waals surface area contributed by atoms with Gasteiger partial charge in [0.2, 0.25) is 11.8 Å². The monoisotopic (exact) mass is 367 g/mol. The second-order valence-electron chi connectivity index (χ2n) is 5.71. The van der Waals surface area contributed by atoms with Gasteiger partial charge in [0.25, 0.3) is 5.22 Å². The third kappa shape index (κ3) is 4.58. The summed E-state index contributed by atoms with van der Waals surface area (Å²) < 4.78 is 5.58. The average Bonchev–Trinajstić information content (AvgIpc) is 3.10. The Kier molecular flexibility index (Phi) is 5.48. The maximum atomic E-state index is 12.1. The van der Waals surface area contributed by atoms with Crippen molar-refractivity contribution in [1.29, 1.82) is 0 Å². The van der Waals surface area contributed by atoms with Gasteiger partial charge in [0.15, 0.2) is 5.78 Å². The Morgan fingerprint density at radius 1 is 1.12 bits per heavy atom. The lowest BCUT2D eigenvalue weighted by molar-refractivity contribution is -0.113. The van der Waals surface area contributed by atoms with Crippen molar-refractivity contribution in [3.8, 4) is 11.5 Å². The Hall–Kier alpha value is -2.93. The Balaban J connectivity index is 1.57. The highest BCUT2D eigenvalue weighted by Gasteiger charge is 2.11. The molecule has 0 saturated carbocycles. The number of rotatable bonds is 6. The molecular formula is C19H17N3O3S. The molecule has 132 valence electrons. The lowest BCUT2D eigenvalue weighted by Gasteiger charge is -2.05. The number of aromatic nitrogens is 2. The molecular weight excluding hydrogens is 350 g/mol. The fourth-order valence-corrected chi connectivity index (χ4v) is 2.78. The zero-order chi connectivity index (χ0) is 18.5. The number of amides is 1. The number of anilines is 1. The molecule has 0 bridgehead atoms. The molecule has 3 aromatic rings. The fourth-order valence-electron chi connectivity index (χ4n) is 2.22. The summed E-state index contributed by atoms with van der Waals surface area (Å²) in [7, 11) is 0. The van der Waals surface area contributed by atoms with E-state index in [0.717, 1.165) is 22.9 Å². The second kappa shape index (κ2) is 7.97. The van der Waals surface area contributed by atoms with Gasteiger partial charge in [0.1, 0.15) is 0 Å². The molecule has 0 saturated heterocycles. The molecule has 7 heteroatoms. The van der Waals surface area contributed by atoms with E-state index in [-0.39, 0.29) is 17.4 Å². The molecule has 0 spiro atoms. The molecule has 1 heterocycles. The van der Waals surface area contributed by atoms with E-state index in [0.29, 0.717) is 22.4 Å². The Morgan fingerprint density at radius 2 is 1.88 bits per heavy atom. The fraction of sp³-hybridized carbons (Fsp3) is 0.158. The highest BCUT2D eigenvalue weighted by molar-refractivity contribution is 7.99. The van der Waals surface area contributed by atoms with Crippen LogP contribution in [0, 0.1) is 6.92 Å². The first-order chi connectivity index (χ1) is 12.5. The predicted octanol–water partition coefficient (Wildman–Crippen LogP) is 3.98. The zero-order valence-corrected chi connectivity index (χ0v) is 15.2. The molecule has 0 unspecified atom stereocenters. The van der Waals surface area contributed by atoms with Gasteiger partial charge >= 0.3 is 0 Å². The smallest absolute Gasteiger partial charge is 0.277 e. The zero-order valence-electron chi connectivity index (χ0n) is 14.4. The highest BCUT2D eigenvalue weighted by Crippen LogP contribution is 2.23. The molecule has 0 atom stereocenters. The van der Waals surface area contributed by atoms with Crippen LogP contribution in [-0.4, -0.2) is 27.6 Å². The van der Waals surface area contributed by atoms with Gasteiger partial charge in [-0.3, -0.25) is 9.59 Å². The Labute approximate surface area is 155 Å². The minimum atomic E-state index is -0.217. The largest absolute Gasteiger partial charge is 0.411 e. The van der Waals surface area contributed by atoms with Crippen LogP contribution in [0.2, 0.25) is 0 Å². The summed E-state index contributed by atoms with van der Waals surface area (Å²) in [5.74, 6) is 0.276. The van der Waals surface area contributed by atoms with Crippen molar-refractivity contribution in [3.05, 3.63) is 59.7 Å². The van der Waals surface area contributed by atoms with E-state index in [4.69, 9.17) is 4.42 Å². The molecule has 6 nitrogen and oxygen atoms in total. The second-order valence-corrected chi connectivity index (χ2v) is 6.64. The summed E-state index contributed by atoms with van der Waals surface area (Å²) in [6, 6.07) is 14.6. The first-order valence-electron chi connectivity index (χ1n) is 7.95. The Bertz CT molecular complexity index is 935. The minimum Gasteiger partial charge on any atom is -0.411 e. The minimum absolute atomic E-state index is 0.0510. The van der Waals surface area contributed by atoms with Gasteiger partial charge in [-0.15, -0.1) is 10.2 Å². The summed E-state index contributed by atoms with van der Waals surface area (Å²) in [5, 5.41) is 11.0. The van der Waals surface area contributed by atoms with Crippen molar-refractivity contribution >= 4 is 29.1 Å². The van der Waals surface area contributed by atoms with Gasteiger partial charge in [-0.25, -0.2) is 0 Å². The molecule has 0 aliphatic rings. The number of hydrogen-bond acceptors (Lipinski definition) is 6. The van der Waals surface area contributed by atoms with Gasteiger partial charge in [0.05, 0.1) is 5.75 Å². The number of benzene rings is 2. The SMILES string of the molecule is CC(=O)c1cccc(NC(=O)CSc2nnc(-c3ccc(C)cc3)o2)c1. The van der Waals surface area contributed by atoms with Gasteiger partial charge in [-0.2, -0.15) is 0 Å². The first-order valence-corrected chi connectivity index (χ1v) is 8.94. The van der Waals surface area contributed by atoms with E-state index in [2.05, 4.69) is 15.5 Å². The van der Waals surface area contributed by atoms with Gasteiger partial charge < -0.3 is 9.73 Å². The number of ketones is 1. The normalized spacial score (nSPS) is 10.5.